The molecule has 2 aromatic carbocycles. The summed E-state index contributed by atoms with van der Waals surface area (Å²) in [4.78, 5) is 0. The third kappa shape index (κ3) is 3.20. The summed E-state index contributed by atoms with van der Waals surface area (Å²) in [5.41, 5.74) is 14.3. The Hall–Kier alpha value is -3.61. The number of methoxy groups -OCH3 is 1. The summed E-state index contributed by atoms with van der Waals surface area (Å²) in [6, 6.07) is 14.2. The maximum atomic E-state index is 7.53. The smallest absolute Gasteiger partial charge is 0.167 e. The number of nitrogens with zero attached hydrogens (tertiary/aromatic N) is 1. The lowest BCUT2D eigenvalue weighted by atomic mass is 10.0. The monoisotopic (exact) mass is 335 g/mol. The summed E-state index contributed by atoms with van der Waals surface area (Å²) in [6.07, 6.45) is 0. The van der Waals surface area contributed by atoms with Crippen molar-refractivity contribution in [3.05, 3.63) is 59.7 Å². The molecule has 0 saturated heterocycles. The zero-order valence-electron chi connectivity index (χ0n) is 13.5. The number of aromatic nitrogens is 1. The summed E-state index contributed by atoms with van der Waals surface area (Å²) in [5.74, 6) is 1.05. The van der Waals surface area contributed by atoms with Gasteiger partial charge >= 0.3 is 0 Å². The summed E-state index contributed by atoms with van der Waals surface area (Å²) in [7, 11) is 1.54. The number of benzene rings is 2. The van der Waals surface area contributed by atoms with Crippen LogP contribution in [-0.2, 0) is 0 Å². The highest BCUT2D eigenvalue weighted by Crippen LogP contribution is 2.33. The Balaban J connectivity index is 2.00. The molecule has 7 heteroatoms. The zero-order chi connectivity index (χ0) is 18.0. The van der Waals surface area contributed by atoms with Gasteiger partial charge in [0.25, 0.3) is 0 Å². The molecule has 126 valence electrons. The maximum Gasteiger partial charge on any atom is 0.167 e. The summed E-state index contributed by atoms with van der Waals surface area (Å²) >= 11 is 0. The van der Waals surface area contributed by atoms with Crippen molar-refractivity contribution in [1.29, 1.82) is 10.8 Å². The molecule has 3 rings (SSSR count). The Labute approximate surface area is 144 Å². The van der Waals surface area contributed by atoms with Crippen LogP contribution in [0.3, 0.4) is 0 Å². The predicted octanol–water partition coefficient (Wildman–Crippen LogP) is 2.59. The number of hydrogen-bond acceptors (Lipinski definition) is 5. The van der Waals surface area contributed by atoms with Crippen LogP contribution in [0.25, 0.3) is 22.6 Å². The lowest BCUT2D eigenvalue weighted by Crippen LogP contribution is -2.11. The van der Waals surface area contributed by atoms with Crippen LogP contribution in [0.1, 0.15) is 11.1 Å². The highest BCUT2D eigenvalue weighted by atomic mass is 16.5. The van der Waals surface area contributed by atoms with E-state index in [9.17, 15) is 0 Å². The second kappa shape index (κ2) is 6.48. The van der Waals surface area contributed by atoms with Gasteiger partial charge in [-0.25, -0.2) is 0 Å². The quantitative estimate of drug-likeness (QED) is 0.420. The first-order valence-corrected chi connectivity index (χ1v) is 7.44. The molecule has 1 aromatic heterocycles. The van der Waals surface area contributed by atoms with Gasteiger partial charge in [0.1, 0.15) is 23.1 Å². The number of nitrogens with one attached hydrogen (secondary N) is 2. The molecule has 0 aliphatic carbocycles. The van der Waals surface area contributed by atoms with E-state index in [2.05, 4.69) is 5.16 Å². The van der Waals surface area contributed by atoms with E-state index >= 15 is 0 Å². The van der Waals surface area contributed by atoms with Crippen molar-refractivity contribution in [3.8, 4) is 28.3 Å². The molecular formula is C18H17N5O2. The highest BCUT2D eigenvalue weighted by molar-refractivity contribution is 5.96. The van der Waals surface area contributed by atoms with Crippen molar-refractivity contribution in [3.63, 3.8) is 0 Å². The molecule has 25 heavy (non-hydrogen) atoms. The lowest BCUT2D eigenvalue weighted by molar-refractivity contribution is 0.413. The summed E-state index contributed by atoms with van der Waals surface area (Å²) in [5, 5.41) is 19.1. The second-order valence-corrected chi connectivity index (χ2v) is 5.40. The Morgan fingerprint density at radius 2 is 1.72 bits per heavy atom. The average Bonchev–Trinajstić information content (AvgIpc) is 3.11. The number of ether oxygens (including phenoxy) is 1. The summed E-state index contributed by atoms with van der Waals surface area (Å²) in [6.45, 7) is 0. The minimum Gasteiger partial charge on any atom is -0.496 e. The van der Waals surface area contributed by atoms with E-state index in [0.717, 1.165) is 11.1 Å². The van der Waals surface area contributed by atoms with Gasteiger partial charge in [-0.3, -0.25) is 10.8 Å². The second-order valence-electron chi connectivity index (χ2n) is 5.40. The predicted molar refractivity (Wildman–Crippen MR) is 96.0 cm³/mol. The number of amidine groups is 2. The van der Waals surface area contributed by atoms with Gasteiger partial charge in [-0.05, 0) is 18.2 Å². The lowest BCUT2D eigenvalue weighted by Gasteiger charge is -2.07. The van der Waals surface area contributed by atoms with Crippen LogP contribution in [0.5, 0.6) is 5.75 Å². The van der Waals surface area contributed by atoms with Crippen molar-refractivity contribution in [2.24, 2.45) is 11.5 Å². The topological polar surface area (TPSA) is 135 Å². The fourth-order valence-corrected chi connectivity index (χ4v) is 2.45. The molecule has 0 bridgehead atoms. The maximum absolute atomic E-state index is 7.53. The Morgan fingerprint density at radius 1 is 1.00 bits per heavy atom. The van der Waals surface area contributed by atoms with Crippen LogP contribution < -0.4 is 16.2 Å². The van der Waals surface area contributed by atoms with E-state index in [-0.39, 0.29) is 11.7 Å². The van der Waals surface area contributed by atoms with E-state index in [1.165, 1.54) is 0 Å². The van der Waals surface area contributed by atoms with Gasteiger partial charge in [0, 0.05) is 28.3 Å². The third-order valence-corrected chi connectivity index (χ3v) is 3.76. The highest BCUT2D eigenvalue weighted by Gasteiger charge is 2.14. The number of rotatable bonds is 5. The normalized spacial score (nSPS) is 10.4. The Kier molecular flexibility index (Phi) is 4.21. The molecule has 0 radical (unpaired) electrons. The van der Waals surface area contributed by atoms with Crippen LogP contribution in [-0.4, -0.2) is 23.9 Å². The van der Waals surface area contributed by atoms with Gasteiger partial charge in [0.15, 0.2) is 5.76 Å². The molecule has 7 nitrogen and oxygen atoms in total. The van der Waals surface area contributed by atoms with E-state index < -0.39 is 0 Å². The standard InChI is InChI=1S/C18H17N5O2/c1-24-16-8-12(18(21)22)5-6-13(16)14-9-15(25-23-14)10-3-2-4-11(7-10)17(19)20/h2-9H,1H3,(H3,19,20)(H3,21,22). The SMILES string of the molecule is COc1cc(C(=N)N)ccc1-c1cc(-c2cccc(C(=N)N)c2)on1. The van der Waals surface area contributed by atoms with Gasteiger partial charge in [0.05, 0.1) is 7.11 Å². The zero-order valence-corrected chi connectivity index (χ0v) is 13.5. The van der Waals surface area contributed by atoms with E-state index in [1.807, 2.05) is 6.07 Å². The Morgan fingerprint density at radius 3 is 2.40 bits per heavy atom. The molecule has 0 fully saturated rings. The molecule has 0 atom stereocenters. The molecule has 0 saturated carbocycles. The molecule has 3 aromatic rings. The molecule has 6 N–H and O–H groups in total. The van der Waals surface area contributed by atoms with Crippen LogP contribution in [0, 0.1) is 10.8 Å². The molecule has 0 aliphatic heterocycles. The van der Waals surface area contributed by atoms with Crippen molar-refractivity contribution in [2.75, 3.05) is 7.11 Å². The molecule has 1 heterocycles. The number of nitrogens with two attached hydrogens (primary N) is 2. The molecule has 0 amide bonds. The van der Waals surface area contributed by atoms with Gasteiger partial charge in [-0.1, -0.05) is 29.4 Å². The minimum atomic E-state index is -0.0354. The number of nitrogen functional groups attached to an aromatic ring is 2. The van der Waals surface area contributed by atoms with Gasteiger partial charge in [-0.2, -0.15) is 0 Å². The van der Waals surface area contributed by atoms with Crippen LogP contribution in [0.4, 0.5) is 0 Å². The van der Waals surface area contributed by atoms with E-state index in [1.54, 1.807) is 49.6 Å². The number of hydrogen-bond donors (Lipinski definition) is 4. The fourth-order valence-electron chi connectivity index (χ4n) is 2.45. The van der Waals surface area contributed by atoms with Crippen molar-refractivity contribution in [2.45, 2.75) is 0 Å². The van der Waals surface area contributed by atoms with Crippen LogP contribution >= 0.6 is 0 Å². The minimum absolute atomic E-state index is 0.0110. The summed E-state index contributed by atoms with van der Waals surface area (Å²) < 4.78 is 10.8. The van der Waals surface area contributed by atoms with Crippen molar-refractivity contribution in [1.82, 2.24) is 5.16 Å². The van der Waals surface area contributed by atoms with Crippen LogP contribution in [0.2, 0.25) is 0 Å². The van der Waals surface area contributed by atoms with Crippen molar-refractivity contribution >= 4 is 11.7 Å². The largest absolute Gasteiger partial charge is 0.496 e. The van der Waals surface area contributed by atoms with E-state index in [0.29, 0.717) is 28.3 Å². The third-order valence-electron chi connectivity index (χ3n) is 3.76. The van der Waals surface area contributed by atoms with Crippen LogP contribution in [0.15, 0.2) is 53.1 Å². The Bertz CT molecular complexity index is 962. The molecule has 0 aliphatic rings. The average molecular weight is 335 g/mol. The van der Waals surface area contributed by atoms with Crippen molar-refractivity contribution < 1.29 is 9.26 Å². The first kappa shape index (κ1) is 16.3. The fraction of sp³-hybridized carbons (Fsp3) is 0.0556. The van der Waals surface area contributed by atoms with E-state index in [4.69, 9.17) is 31.5 Å². The van der Waals surface area contributed by atoms with Gasteiger partial charge in [0.2, 0.25) is 0 Å². The van der Waals surface area contributed by atoms with Gasteiger partial charge in [-0.15, -0.1) is 0 Å². The molecule has 0 unspecified atom stereocenters. The first-order chi connectivity index (χ1) is 12.0. The molecular weight excluding hydrogens is 318 g/mol. The van der Waals surface area contributed by atoms with Gasteiger partial charge < -0.3 is 20.7 Å². The molecule has 0 spiro atoms. The first-order valence-electron chi connectivity index (χ1n) is 7.44.